The fraction of sp³-hybridized carbons (Fsp3) is 0.368. The number of aromatic nitrogens is 1. The van der Waals surface area contributed by atoms with Crippen LogP contribution in [-0.4, -0.2) is 17.4 Å². The van der Waals surface area contributed by atoms with Crippen LogP contribution in [0.2, 0.25) is 0 Å². The Morgan fingerprint density at radius 2 is 1.92 bits per heavy atom. The van der Waals surface area contributed by atoms with Gasteiger partial charge in [-0.3, -0.25) is 9.78 Å². The van der Waals surface area contributed by atoms with Gasteiger partial charge in [-0.2, -0.15) is 0 Å². The lowest BCUT2D eigenvalue weighted by molar-refractivity contribution is -0.116. The van der Waals surface area contributed by atoms with Crippen molar-refractivity contribution < 1.29 is 9.53 Å². The standard InChI is InChI=1S/C19H25N3O2.2ClH/c1-15-13-16(22-19(23)8-4-2-3-5-11-20)9-10-18(15)24-17-7-6-12-21-14-17;;/h6-7,9-10,12-14H,2-5,8,11,20H2,1H3,(H,22,23);2*1H. The van der Waals surface area contributed by atoms with Crippen molar-refractivity contribution in [2.45, 2.75) is 39.0 Å². The van der Waals surface area contributed by atoms with Crippen molar-refractivity contribution in [1.29, 1.82) is 0 Å². The first-order valence-corrected chi connectivity index (χ1v) is 8.37. The van der Waals surface area contributed by atoms with E-state index in [4.69, 9.17) is 10.5 Å². The zero-order valence-electron chi connectivity index (χ0n) is 14.9. The number of unbranched alkanes of at least 4 members (excludes halogenated alkanes) is 3. The maximum atomic E-state index is 12.0. The highest BCUT2D eigenvalue weighted by molar-refractivity contribution is 5.90. The van der Waals surface area contributed by atoms with Crippen molar-refractivity contribution in [3.8, 4) is 11.5 Å². The fourth-order valence-electron chi connectivity index (χ4n) is 2.38. The van der Waals surface area contributed by atoms with Crippen LogP contribution in [0, 0.1) is 6.92 Å². The Morgan fingerprint density at radius 1 is 1.15 bits per heavy atom. The molecule has 1 amide bonds. The molecule has 1 heterocycles. The monoisotopic (exact) mass is 399 g/mol. The summed E-state index contributed by atoms with van der Waals surface area (Å²) in [5.74, 6) is 1.49. The molecule has 0 saturated carbocycles. The van der Waals surface area contributed by atoms with E-state index < -0.39 is 0 Å². The quantitative estimate of drug-likeness (QED) is 0.589. The van der Waals surface area contributed by atoms with Crippen molar-refractivity contribution in [3.05, 3.63) is 48.3 Å². The van der Waals surface area contributed by atoms with Gasteiger partial charge >= 0.3 is 0 Å². The van der Waals surface area contributed by atoms with Crippen LogP contribution in [0.25, 0.3) is 0 Å². The number of halogens is 2. The van der Waals surface area contributed by atoms with E-state index in [2.05, 4.69) is 10.3 Å². The number of aryl methyl sites for hydroxylation is 1. The molecule has 2 aromatic rings. The van der Waals surface area contributed by atoms with Crippen molar-refractivity contribution in [2.75, 3.05) is 11.9 Å². The van der Waals surface area contributed by atoms with Crippen LogP contribution in [0.1, 0.15) is 37.7 Å². The van der Waals surface area contributed by atoms with Crippen molar-refractivity contribution in [1.82, 2.24) is 4.98 Å². The van der Waals surface area contributed by atoms with Crippen LogP contribution in [0.4, 0.5) is 5.69 Å². The molecule has 0 fully saturated rings. The molecule has 0 aliphatic carbocycles. The van der Waals surface area contributed by atoms with Gasteiger partial charge in [-0.15, -0.1) is 24.8 Å². The fourth-order valence-corrected chi connectivity index (χ4v) is 2.38. The molecule has 3 N–H and O–H groups in total. The number of amides is 1. The lowest BCUT2D eigenvalue weighted by Crippen LogP contribution is -2.11. The molecular formula is C19H27Cl2N3O2. The smallest absolute Gasteiger partial charge is 0.224 e. The van der Waals surface area contributed by atoms with Gasteiger partial charge in [0.15, 0.2) is 0 Å². The number of nitrogens with one attached hydrogen (secondary N) is 1. The van der Waals surface area contributed by atoms with Crippen LogP contribution >= 0.6 is 24.8 Å². The molecule has 5 nitrogen and oxygen atoms in total. The van der Waals surface area contributed by atoms with Gasteiger partial charge in [0.05, 0.1) is 6.20 Å². The number of nitrogens with two attached hydrogens (primary N) is 1. The molecule has 0 bridgehead atoms. The zero-order chi connectivity index (χ0) is 17.2. The van der Waals surface area contributed by atoms with Crippen molar-refractivity contribution >= 4 is 36.4 Å². The van der Waals surface area contributed by atoms with Gasteiger partial charge in [-0.25, -0.2) is 0 Å². The molecule has 0 aliphatic heterocycles. The van der Waals surface area contributed by atoms with E-state index in [1.54, 1.807) is 12.4 Å². The molecule has 0 atom stereocenters. The Bertz CT molecular complexity index is 654. The van der Waals surface area contributed by atoms with Gasteiger partial charge in [0.25, 0.3) is 0 Å². The van der Waals surface area contributed by atoms with Gasteiger partial charge in [-0.1, -0.05) is 12.8 Å². The minimum atomic E-state index is 0. The number of carbonyl (C=O) groups excluding carboxylic acids is 1. The summed E-state index contributed by atoms with van der Waals surface area (Å²) in [6.07, 6.45) is 7.96. The normalized spacial score (nSPS) is 9.62. The SMILES string of the molecule is Cc1cc(NC(=O)CCCCCCN)ccc1Oc1cccnc1.Cl.Cl. The molecular weight excluding hydrogens is 373 g/mol. The summed E-state index contributed by atoms with van der Waals surface area (Å²) < 4.78 is 5.79. The summed E-state index contributed by atoms with van der Waals surface area (Å²) in [6.45, 7) is 2.67. The van der Waals surface area contributed by atoms with Gasteiger partial charge in [0.1, 0.15) is 11.5 Å². The number of anilines is 1. The van der Waals surface area contributed by atoms with E-state index in [9.17, 15) is 4.79 Å². The molecule has 7 heteroatoms. The molecule has 0 aliphatic rings. The first-order chi connectivity index (χ1) is 11.7. The van der Waals surface area contributed by atoms with Gasteiger partial charge < -0.3 is 15.8 Å². The van der Waals surface area contributed by atoms with Crippen LogP contribution in [0.15, 0.2) is 42.7 Å². The highest BCUT2D eigenvalue weighted by Gasteiger charge is 2.06. The third-order valence-electron chi connectivity index (χ3n) is 3.68. The van der Waals surface area contributed by atoms with Crippen LogP contribution in [0.5, 0.6) is 11.5 Å². The maximum absolute atomic E-state index is 12.0. The third kappa shape index (κ3) is 8.52. The van der Waals surface area contributed by atoms with Gasteiger partial charge in [0, 0.05) is 18.3 Å². The number of pyridine rings is 1. The largest absolute Gasteiger partial charge is 0.455 e. The number of benzene rings is 1. The second kappa shape index (κ2) is 13.4. The van der Waals surface area contributed by atoms with Crippen molar-refractivity contribution in [2.24, 2.45) is 5.73 Å². The highest BCUT2D eigenvalue weighted by Crippen LogP contribution is 2.26. The van der Waals surface area contributed by atoms with E-state index in [1.165, 1.54) is 0 Å². The Kier molecular flexibility index (Phi) is 12.5. The maximum Gasteiger partial charge on any atom is 0.224 e. The number of hydrogen-bond donors (Lipinski definition) is 2. The van der Waals surface area contributed by atoms with Crippen LogP contribution in [0.3, 0.4) is 0 Å². The predicted molar refractivity (Wildman–Crippen MR) is 111 cm³/mol. The van der Waals surface area contributed by atoms with E-state index in [1.807, 2.05) is 37.3 Å². The van der Waals surface area contributed by atoms with Crippen LogP contribution in [-0.2, 0) is 4.79 Å². The average Bonchev–Trinajstić information content (AvgIpc) is 2.58. The van der Waals surface area contributed by atoms with E-state index in [-0.39, 0.29) is 30.7 Å². The summed E-state index contributed by atoms with van der Waals surface area (Å²) in [5.41, 5.74) is 7.20. The van der Waals surface area contributed by atoms with Gasteiger partial charge in [-0.05, 0) is 62.2 Å². The summed E-state index contributed by atoms with van der Waals surface area (Å²) in [5, 5.41) is 2.93. The first-order valence-electron chi connectivity index (χ1n) is 8.37. The topological polar surface area (TPSA) is 77.2 Å². The highest BCUT2D eigenvalue weighted by atomic mass is 35.5. The van der Waals surface area contributed by atoms with E-state index in [0.29, 0.717) is 12.2 Å². The van der Waals surface area contributed by atoms with E-state index >= 15 is 0 Å². The third-order valence-corrected chi connectivity index (χ3v) is 3.68. The molecule has 2 rings (SSSR count). The van der Waals surface area contributed by atoms with Crippen molar-refractivity contribution in [3.63, 3.8) is 0 Å². The van der Waals surface area contributed by atoms with E-state index in [0.717, 1.165) is 49.2 Å². The number of hydrogen-bond acceptors (Lipinski definition) is 4. The lowest BCUT2D eigenvalue weighted by Gasteiger charge is -2.11. The van der Waals surface area contributed by atoms with Gasteiger partial charge in [0.2, 0.25) is 5.91 Å². The molecule has 26 heavy (non-hydrogen) atoms. The minimum Gasteiger partial charge on any atom is -0.455 e. The molecule has 0 spiro atoms. The molecule has 0 saturated heterocycles. The predicted octanol–water partition coefficient (Wildman–Crippen LogP) is 4.87. The number of carbonyl (C=O) groups is 1. The number of nitrogens with zero attached hydrogens (tertiary/aromatic N) is 1. The Balaban J connectivity index is 0.00000312. The second-order valence-electron chi connectivity index (χ2n) is 5.77. The number of ether oxygens (including phenoxy) is 1. The molecule has 144 valence electrons. The Labute approximate surface area is 167 Å². The average molecular weight is 400 g/mol. The summed E-state index contributed by atoms with van der Waals surface area (Å²) in [6, 6.07) is 9.31. The minimum absolute atomic E-state index is 0. The second-order valence-corrected chi connectivity index (χ2v) is 5.77. The van der Waals surface area contributed by atoms with Crippen LogP contribution < -0.4 is 15.8 Å². The summed E-state index contributed by atoms with van der Waals surface area (Å²) >= 11 is 0. The Morgan fingerprint density at radius 3 is 2.58 bits per heavy atom. The zero-order valence-corrected chi connectivity index (χ0v) is 16.6. The molecule has 1 aromatic heterocycles. The first kappa shape index (κ1) is 24.2. The molecule has 0 unspecified atom stereocenters. The molecule has 1 aromatic carbocycles. The number of rotatable bonds is 9. The Hall–Kier alpha value is -1.82. The summed E-state index contributed by atoms with van der Waals surface area (Å²) in [4.78, 5) is 16.0. The molecule has 0 radical (unpaired) electrons. The lowest BCUT2D eigenvalue weighted by atomic mass is 10.1. The summed E-state index contributed by atoms with van der Waals surface area (Å²) in [7, 11) is 0.